The van der Waals surface area contributed by atoms with Gasteiger partial charge in [-0.3, -0.25) is 4.79 Å². The quantitative estimate of drug-likeness (QED) is 0.705. The van der Waals surface area contributed by atoms with E-state index in [-0.39, 0.29) is 24.3 Å². The van der Waals surface area contributed by atoms with Gasteiger partial charge in [-0.2, -0.15) is 0 Å². The van der Waals surface area contributed by atoms with Crippen molar-refractivity contribution in [1.82, 2.24) is 4.90 Å². The molecule has 0 aliphatic carbocycles. The van der Waals surface area contributed by atoms with Gasteiger partial charge in [0.15, 0.2) is 5.78 Å². The highest BCUT2D eigenvalue weighted by atomic mass is 19.1. The van der Waals surface area contributed by atoms with E-state index in [1.54, 1.807) is 36.4 Å². The van der Waals surface area contributed by atoms with Gasteiger partial charge in [-0.15, -0.1) is 0 Å². The summed E-state index contributed by atoms with van der Waals surface area (Å²) in [4.78, 5) is 13.8. The predicted molar refractivity (Wildman–Crippen MR) is 104 cm³/mol. The maximum atomic E-state index is 13.0. The van der Waals surface area contributed by atoms with Crippen molar-refractivity contribution >= 4 is 5.78 Å². The van der Waals surface area contributed by atoms with Gasteiger partial charge in [0.05, 0.1) is 5.56 Å². The Hall–Kier alpha value is -2.44. The van der Waals surface area contributed by atoms with Crippen LogP contribution in [0, 0.1) is 5.82 Å². The molecule has 1 aliphatic rings. The fourth-order valence-corrected chi connectivity index (χ4v) is 3.34. The summed E-state index contributed by atoms with van der Waals surface area (Å²) in [6.45, 7) is 3.76. The maximum absolute atomic E-state index is 13.0. The Labute approximate surface area is 164 Å². The molecule has 2 aromatic rings. The van der Waals surface area contributed by atoms with Crippen LogP contribution in [0.4, 0.5) is 4.39 Å². The Bertz CT molecular complexity index is 772. The molecule has 1 saturated heterocycles. The molecule has 0 radical (unpaired) electrons. The maximum Gasteiger partial charge on any atom is 0.163 e. The van der Waals surface area contributed by atoms with E-state index in [0.717, 1.165) is 25.9 Å². The van der Waals surface area contributed by atoms with Crippen LogP contribution in [0.1, 0.15) is 30.1 Å². The van der Waals surface area contributed by atoms with Gasteiger partial charge in [0, 0.05) is 19.6 Å². The van der Waals surface area contributed by atoms with Gasteiger partial charge >= 0.3 is 0 Å². The van der Waals surface area contributed by atoms with E-state index in [1.165, 1.54) is 19.1 Å². The highest BCUT2D eigenvalue weighted by Crippen LogP contribution is 2.21. The minimum absolute atomic E-state index is 0.0617. The molecular weight excluding hydrogens is 361 g/mol. The Balaban J connectivity index is 1.41. The minimum Gasteiger partial charge on any atom is -0.490 e. The lowest BCUT2D eigenvalue weighted by Crippen LogP contribution is -2.43. The molecule has 0 amide bonds. The van der Waals surface area contributed by atoms with Crippen LogP contribution >= 0.6 is 0 Å². The Morgan fingerprint density at radius 1 is 1.18 bits per heavy atom. The second kappa shape index (κ2) is 9.66. The van der Waals surface area contributed by atoms with Crippen LogP contribution in [-0.4, -0.2) is 54.2 Å². The lowest BCUT2D eigenvalue weighted by atomic mass is 10.1. The third-order valence-corrected chi connectivity index (χ3v) is 4.82. The zero-order chi connectivity index (χ0) is 19.9. The molecule has 28 heavy (non-hydrogen) atoms. The molecule has 6 heteroatoms. The second-order valence-electron chi connectivity index (χ2n) is 7.09. The van der Waals surface area contributed by atoms with Crippen LogP contribution in [0.3, 0.4) is 0 Å². The average molecular weight is 387 g/mol. The van der Waals surface area contributed by atoms with Crippen LogP contribution in [0.2, 0.25) is 0 Å². The molecule has 1 aliphatic heterocycles. The Morgan fingerprint density at radius 2 is 1.86 bits per heavy atom. The number of carbonyl (C=O) groups excluding carboxylic acids is 1. The van der Waals surface area contributed by atoms with Gasteiger partial charge in [-0.1, -0.05) is 12.1 Å². The molecule has 1 unspecified atom stereocenters. The van der Waals surface area contributed by atoms with Gasteiger partial charge in [-0.05, 0) is 56.2 Å². The van der Waals surface area contributed by atoms with Crippen molar-refractivity contribution in [2.24, 2.45) is 0 Å². The SMILES string of the molecule is CC(=O)c1ccccc1OCC(O)CN1CCC(Oc2ccc(F)cc2)CC1. The number of aliphatic hydroxyl groups excluding tert-OH is 1. The molecule has 1 fully saturated rings. The standard InChI is InChI=1S/C22H26FNO4/c1-16(25)21-4-2-3-5-22(21)27-15-18(26)14-24-12-10-20(11-13-24)28-19-8-6-17(23)7-9-19/h2-9,18,20,26H,10-15H2,1H3. The molecule has 0 spiro atoms. The number of piperidine rings is 1. The number of para-hydroxylation sites is 1. The zero-order valence-electron chi connectivity index (χ0n) is 16.0. The molecule has 0 bridgehead atoms. The summed E-state index contributed by atoms with van der Waals surface area (Å²) in [5, 5.41) is 10.3. The molecule has 1 N–H and O–H groups in total. The van der Waals surface area contributed by atoms with Crippen molar-refractivity contribution in [3.8, 4) is 11.5 Å². The van der Waals surface area contributed by atoms with Crippen LogP contribution < -0.4 is 9.47 Å². The van der Waals surface area contributed by atoms with E-state index in [4.69, 9.17) is 9.47 Å². The third kappa shape index (κ3) is 5.78. The summed E-state index contributed by atoms with van der Waals surface area (Å²) in [5.74, 6) is 0.843. The molecular formula is C22H26FNO4. The lowest BCUT2D eigenvalue weighted by Gasteiger charge is -2.33. The number of halogens is 1. The molecule has 1 heterocycles. The second-order valence-corrected chi connectivity index (χ2v) is 7.09. The first-order chi connectivity index (χ1) is 13.5. The fraction of sp³-hybridized carbons (Fsp3) is 0.409. The number of ketones is 1. The number of ether oxygens (including phenoxy) is 2. The summed E-state index contributed by atoms with van der Waals surface area (Å²) in [6, 6.07) is 13.1. The molecule has 0 saturated carbocycles. The first kappa shape index (κ1) is 20.3. The van der Waals surface area contributed by atoms with Crippen molar-refractivity contribution in [3.63, 3.8) is 0 Å². The van der Waals surface area contributed by atoms with Gasteiger partial charge in [0.2, 0.25) is 0 Å². The van der Waals surface area contributed by atoms with Crippen LogP contribution in [-0.2, 0) is 0 Å². The molecule has 150 valence electrons. The van der Waals surface area contributed by atoms with Gasteiger partial charge < -0.3 is 19.5 Å². The molecule has 1 atom stereocenters. The van der Waals surface area contributed by atoms with Crippen LogP contribution in [0.15, 0.2) is 48.5 Å². The smallest absolute Gasteiger partial charge is 0.163 e. The number of hydrogen-bond donors (Lipinski definition) is 1. The Morgan fingerprint density at radius 3 is 2.54 bits per heavy atom. The van der Waals surface area contributed by atoms with Crippen molar-refractivity contribution in [3.05, 3.63) is 59.9 Å². The van der Waals surface area contributed by atoms with Crippen molar-refractivity contribution in [2.75, 3.05) is 26.2 Å². The molecule has 0 aromatic heterocycles. The summed E-state index contributed by atoms with van der Waals surface area (Å²) >= 11 is 0. The number of Topliss-reactive ketones (excluding diaryl/α,β-unsaturated/α-hetero) is 1. The number of β-amino-alcohol motifs (C(OH)–C–C–N with tert-alkyl or cyclic N) is 1. The minimum atomic E-state index is -0.644. The van der Waals surface area contributed by atoms with Crippen LogP contribution in [0.25, 0.3) is 0 Å². The van der Waals surface area contributed by atoms with E-state index < -0.39 is 6.10 Å². The summed E-state index contributed by atoms with van der Waals surface area (Å²) in [7, 11) is 0. The van der Waals surface area contributed by atoms with E-state index in [0.29, 0.717) is 23.6 Å². The number of rotatable bonds is 8. The third-order valence-electron chi connectivity index (χ3n) is 4.82. The molecule has 2 aromatic carbocycles. The average Bonchev–Trinajstić information content (AvgIpc) is 2.70. The van der Waals surface area contributed by atoms with Crippen molar-refractivity contribution in [2.45, 2.75) is 32.0 Å². The van der Waals surface area contributed by atoms with E-state index >= 15 is 0 Å². The fourth-order valence-electron chi connectivity index (χ4n) is 3.34. The first-order valence-corrected chi connectivity index (χ1v) is 9.56. The van der Waals surface area contributed by atoms with Crippen molar-refractivity contribution in [1.29, 1.82) is 0 Å². The normalized spacial score (nSPS) is 16.5. The lowest BCUT2D eigenvalue weighted by molar-refractivity contribution is 0.0399. The van der Waals surface area contributed by atoms with Gasteiger partial charge in [-0.25, -0.2) is 4.39 Å². The number of carbonyl (C=O) groups is 1. The predicted octanol–water partition coefficient (Wildman–Crippen LogP) is 3.31. The molecule has 3 rings (SSSR count). The number of hydrogen-bond acceptors (Lipinski definition) is 5. The summed E-state index contributed by atoms with van der Waals surface area (Å²) < 4.78 is 24.5. The zero-order valence-corrected chi connectivity index (χ0v) is 16.0. The molecule has 5 nitrogen and oxygen atoms in total. The van der Waals surface area contributed by atoms with E-state index in [9.17, 15) is 14.3 Å². The van der Waals surface area contributed by atoms with Gasteiger partial charge in [0.25, 0.3) is 0 Å². The van der Waals surface area contributed by atoms with E-state index in [1.807, 2.05) is 0 Å². The number of benzene rings is 2. The first-order valence-electron chi connectivity index (χ1n) is 9.56. The van der Waals surface area contributed by atoms with Crippen molar-refractivity contribution < 1.29 is 23.8 Å². The largest absolute Gasteiger partial charge is 0.490 e. The van der Waals surface area contributed by atoms with Crippen LogP contribution in [0.5, 0.6) is 11.5 Å². The summed E-state index contributed by atoms with van der Waals surface area (Å²) in [5.41, 5.74) is 0.522. The number of aliphatic hydroxyl groups is 1. The van der Waals surface area contributed by atoms with Gasteiger partial charge in [0.1, 0.15) is 36.1 Å². The highest BCUT2D eigenvalue weighted by Gasteiger charge is 2.22. The summed E-state index contributed by atoms with van der Waals surface area (Å²) in [6.07, 6.45) is 1.14. The van der Waals surface area contributed by atoms with E-state index in [2.05, 4.69) is 4.90 Å². The number of nitrogens with zero attached hydrogens (tertiary/aromatic N) is 1. The monoisotopic (exact) mass is 387 g/mol. The Kier molecular flexibility index (Phi) is 7.01. The topological polar surface area (TPSA) is 59.0 Å². The number of likely N-dealkylation sites (tertiary alicyclic amines) is 1. The highest BCUT2D eigenvalue weighted by molar-refractivity contribution is 5.96.